The maximum atomic E-state index is 13.1. The van der Waals surface area contributed by atoms with Crippen molar-refractivity contribution in [3.8, 4) is 5.75 Å². The Morgan fingerprint density at radius 2 is 1.57 bits per heavy atom. The first-order chi connectivity index (χ1) is 9.56. The van der Waals surface area contributed by atoms with Crippen molar-refractivity contribution in [3.05, 3.63) is 54.6 Å². The van der Waals surface area contributed by atoms with E-state index < -0.39 is 7.37 Å². The molecule has 3 radical (unpaired) electrons. The minimum atomic E-state index is -3.06. The van der Waals surface area contributed by atoms with Crippen LogP contribution in [0.3, 0.4) is 0 Å². The van der Waals surface area contributed by atoms with Gasteiger partial charge in [-0.25, -0.2) is 0 Å². The molecule has 0 saturated carbocycles. The van der Waals surface area contributed by atoms with Crippen molar-refractivity contribution in [1.29, 1.82) is 0 Å². The molecule has 2 aromatic carbocycles. The molecular weight excluding hydrogens is 282 g/mol. The molecule has 2 aromatic rings. The first-order valence-electron chi connectivity index (χ1n) is 6.55. The summed E-state index contributed by atoms with van der Waals surface area (Å²) in [7, 11) is -1.58. The molecule has 1 atom stereocenters. The average molecular weight is 301 g/mol. The zero-order valence-electron chi connectivity index (χ0n) is 12.5. The molecule has 0 heterocycles. The summed E-state index contributed by atoms with van der Waals surface area (Å²) < 4.78 is 24.2. The molecule has 0 bridgehead atoms. The zero-order chi connectivity index (χ0) is 14.6. The Morgan fingerprint density at radius 3 is 2.14 bits per heavy atom. The third kappa shape index (κ3) is 3.99. The molecule has 21 heavy (non-hydrogen) atoms. The summed E-state index contributed by atoms with van der Waals surface area (Å²) in [6.07, 6.45) is 0.0731. The van der Waals surface area contributed by atoms with Crippen LogP contribution in [0.1, 0.15) is 13.8 Å². The van der Waals surface area contributed by atoms with Gasteiger partial charge in [0, 0.05) is 26.1 Å². The lowest BCUT2D eigenvalue weighted by atomic mass is 10.3. The molecule has 0 aliphatic heterocycles. The van der Waals surface area contributed by atoms with Crippen molar-refractivity contribution in [2.24, 2.45) is 0 Å². The predicted octanol–water partition coefficient (Wildman–Crippen LogP) is 2.97. The molecule has 0 spiro atoms. The van der Waals surface area contributed by atoms with E-state index in [9.17, 15) is 4.57 Å². The average Bonchev–Trinajstić information content (AvgIpc) is 2.47. The fraction of sp³-hybridized carbons (Fsp3) is 0.250. The van der Waals surface area contributed by atoms with E-state index in [0.717, 1.165) is 0 Å². The Bertz CT molecular complexity index is 614. The van der Waals surface area contributed by atoms with E-state index in [1.165, 1.54) is 7.11 Å². The summed E-state index contributed by atoms with van der Waals surface area (Å²) in [5.74, 6) is 0.700. The van der Waals surface area contributed by atoms with Gasteiger partial charge in [-0.1, -0.05) is 24.3 Å². The van der Waals surface area contributed by atoms with Crippen LogP contribution in [0, 0.1) is 0 Å². The maximum Gasteiger partial charge on any atom is 0.261 e. The van der Waals surface area contributed by atoms with Gasteiger partial charge >= 0.3 is 0 Å². The van der Waals surface area contributed by atoms with E-state index in [1.807, 2.05) is 62.4 Å². The Balaban J connectivity index is 0.00000220. The Hall–Kier alpha value is -1.51. The topological polar surface area (TPSA) is 35.5 Å². The molecule has 0 amide bonds. The third-order valence-corrected chi connectivity index (χ3v) is 5.33. The fourth-order valence-electron chi connectivity index (χ4n) is 2.00. The van der Waals surface area contributed by atoms with Crippen LogP contribution in [0.2, 0.25) is 0 Å². The smallest absolute Gasteiger partial charge is 0.261 e. The van der Waals surface area contributed by atoms with Crippen molar-refractivity contribution in [1.82, 2.24) is 0 Å². The summed E-state index contributed by atoms with van der Waals surface area (Å²) in [5.41, 5.74) is 0. The summed E-state index contributed by atoms with van der Waals surface area (Å²) in [6.45, 7) is 3.92. The van der Waals surface area contributed by atoms with Crippen LogP contribution in [0.5, 0.6) is 5.75 Å². The highest BCUT2D eigenvalue weighted by molar-refractivity contribution is 7.74. The van der Waals surface area contributed by atoms with Crippen molar-refractivity contribution >= 4 is 26.4 Å². The lowest BCUT2D eigenvalue weighted by Gasteiger charge is -2.18. The van der Waals surface area contributed by atoms with Crippen molar-refractivity contribution in [2.75, 3.05) is 7.11 Å². The highest BCUT2D eigenvalue weighted by Gasteiger charge is 2.27. The first-order valence-corrected chi connectivity index (χ1v) is 8.17. The molecule has 5 heteroatoms. The zero-order valence-corrected chi connectivity index (χ0v) is 13.4. The number of hydrogen-bond acceptors (Lipinski definition) is 3. The van der Waals surface area contributed by atoms with Gasteiger partial charge in [-0.15, -0.1) is 0 Å². The van der Waals surface area contributed by atoms with Crippen LogP contribution in [0.4, 0.5) is 0 Å². The van der Waals surface area contributed by atoms with Gasteiger partial charge in [0.25, 0.3) is 7.37 Å². The molecule has 0 saturated heterocycles. The quantitative estimate of drug-likeness (QED) is 0.629. The molecule has 109 valence electrons. The van der Waals surface area contributed by atoms with E-state index >= 15 is 0 Å². The summed E-state index contributed by atoms with van der Waals surface area (Å²) in [5, 5.41) is 1.33. The summed E-state index contributed by atoms with van der Waals surface area (Å²) >= 11 is 0. The molecule has 0 N–H and O–H groups in total. The van der Waals surface area contributed by atoms with Crippen molar-refractivity contribution in [2.45, 2.75) is 20.0 Å². The van der Waals surface area contributed by atoms with Gasteiger partial charge in [0.2, 0.25) is 0 Å². The van der Waals surface area contributed by atoms with Gasteiger partial charge in [-0.05, 0) is 44.2 Å². The van der Waals surface area contributed by atoms with Gasteiger partial charge < -0.3 is 9.26 Å². The van der Waals surface area contributed by atoms with Crippen molar-refractivity contribution < 1.29 is 13.8 Å². The van der Waals surface area contributed by atoms with E-state index in [2.05, 4.69) is 0 Å². The standard InChI is InChI=1S/C16H19O3P.B/c1-13(2)19-14-8-7-11-16(12-14)20(17,18-3)15-9-5-4-6-10-15;/h4-13H,1-3H3;. The summed E-state index contributed by atoms with van der Waals surface area (Å²) in [6, 6.07) is 16.5. The molecule has 0 fully saturated rings. The SMILES string of the molecule is COP(=O)(c1ccccc1)c1cccc(OC(C)C)c1.[B]. The van der Waals surface area contributed by atoms with Gasteiger partial charge in [0.05, 0.1) is 6.10 Å². The van der Waals surface area contributed by atoms with Gasteiger partial charge in [0.15, 0.2) is 0 Å². The van der Waals surface area contributed by atoms with Gasteiger partial charge in [0.1, 0.15) is 5.75 Å². The highest BCUT2D eigenvalue weighted by atomic mass is 31.2. The molecule has 0 aliphatic carbocycles. The monoisotopic (exact) mass is 301 g/mol. The lowest BCUT2D eigenvalue weighted by molar-refractivity contribution is 0.242. The van der Waals surface area contributed by atoms with Crippen LogP contribution in [-0.4, -0.2) is 21.6 Å². The van der Waals surface area contributed by atoms with Crippen LogP contribution in [0.25, 0.3) is 0 Å². The largest absolute Gasteiger partial charge is 0.491 e. The molecular formula is C16H19BO3P. The van der Waals surface area contributed by atoms with Crippen LogP contribution in [0.15, 0.2) is 54.6 Å². The Morgan fingerprint density at radius 1 is 0.952 bits per heavy atom. The third-order valence-electron chi connectivity index (χ3n) is 2.88. The number of ether oxygens (including phenoxy) is 1. The molecule has 2 rings (SSSR count). The first kappa shape index (κ1) is 17.5. The Kier molecular flexibility index (Phi) is 6.26. The van der Waals surface area contributed by atoms with E-state index in [4.69, 9.17) is 9.26 Å². The predicted molar refractivity (Wildman–Crippen MR) is 88.3 cm³/mol. The second-order valence-electron chi connectivity index (χ2n) is 4.73. The normalized spacial score (nSPS) is 13.3. The Labute approximate surface area is 128 Å². The van der Waals surface area contributed by atoms with Crippen molar-refractivity contribution in [3.63, 3.8) is 0 Å². The fourth-order valence-corrected chi connectivity index (χ4v) is 3.86. The minimum absolute atomic E-state index is 0. The number of benzene rings is 2. The number of hydrogen-bond donors (Lipinski definition) is 0. The van der Waals surface area contributed by atoms with E-state index in [-0.39, 0.29) is 14.5 Å². The van der Waals surface area contributed by atoms with Crippen LogP contribution >= 0.6 is 7.37 Å². The molecule has 0 aromatic heterocycles. The molecule has 1 unspecified atom stereocenters. The van der Waals surface area contributed by atoms with Crippen LogP contribution < -0.4 is 15.3 Å². The lowest BCUT2D eigenvalue weighted by Crippen LogP contribution is -2.17. The second kappa shape index (κ2) is 7.49. The van der Waals surface area contributed by atoms with Gasteiger partial charge in [-0.3, -0.25) is 4.57 Å². The molecule has 0 aliphatic rings. The summed E-state index contributed by atoms with van der Waals surface area (Å²) in [4.78, 5) is 0. The van der Waals surface area contributed by atoms with Gasteiger partial charge in [-0.2, -0.15) is 0 Å². The number of rotatable bonds is 5. The van der Waals surface area contributed by atoms with E-state index in [0.29, 0.717) is 16.4 Å². The van der Waals surface area contributed by atoms with Crippen LogP contribution in [-0.2, 0) is 9.09 Å². The highest BCUT2D eigenvalue weighted by Crippen LogP contribution is 2.44. The molecule has 3 nitrogen and oxygen atoms in total. The second-order valence-corrected chi connectivity index (χ2v) is 7.23. The van der Waals surface area contributed by atoms with E-state index in [1.54, 1.807) is 6.07 Å². The maximum absolute atomic E-state index is 13.1. The minimum Gasteiger partial charge on any atom is -0.491 e.